The summed E-state index contributed by atoms with van der Waals surface area (Å²) >= 11 is 0. The fourth-order valence-corrected chi connectivity index (χ4v) is 3.27. The van der Waals surface area contributed by atoms with E-state index in [1.807, 2.05) is 19.1 Å². The number of nitrogens with zero attached hydrogens (tertiary/aromatic N) is 9. The molecule has 0 aromatic carbocycles. The van der Waals surface area contributed by atoms with Gasteiger partial charge in [0, 0.05) is 25.5 Å². The number of hydrogen-bond acceptors (Lipinski definition) is 10. The third-order valence-corrected chi connectivity index (χ3v) is 4.89. The molecule has 3 aromatic rings. The van der Waals surface area contributed by atoms with Crippen molar-refractivity contribution in [1.29, 1.82) is 0 Å². The topological polar surface area (TPSA) is 119 Å². The van der Waals surface area contributed by atoms with Crippen LogP contribution in [0.1, 0.15) is 25.4 Å². The highest BCUT2D eigenvalue weighted by molar-refractivity contribution is 6.50. The summed E-state index contributed by atoms with van der Waals surface area (Å²) in [5, 5.41) is 13.2. The van der Waals surface area contributed by atoms with Gasteiger partial charge in [-0.3, -0.25) is 4.98 Å². The maximum absolute atomic E-state index is 5.01. The Labute approximate surface area is 179 Å². The lowest BCUT2D eigenvalue weighted by atomic mass is 10.2. The first kappa shape index (κ1) is 20.7. The van der Waals surface area contributed by atoms with Crippen molar-refractivity contribution in [1.82, 2.24) is 35.3 Å². The molecule has 11 nitrogen and oxygen atoms in total. The number of pyridine rings is 1. The number of rotatable bonds is 8. The van der Waals surface area contributed by atoms with Crippen molar-refractivity contribution in [2.45, 2.75) is 20.8 Å². The average molecular weight is 420 g/mol. The predicted octanol–water partition coefficient (Wildman–Crippen LogP) is 1.77. The van der Waals surface area contributed by atoms with Crippen LogP contribution in [0, 0.1) is 6.92 Å². The molecule has 4 rings (SSSR count). The lowest BCUT2D eigenvalue weighted by molar-refractivity contribution is 0.104. The van der Waals surface area contributed by atoms with Crippen LogP contribution in [0.4, 0.5) is 11.5 Å². The van der Waals surface area contributed by atoms with Crippen molar-refractivity contribution in [2.24, 2.45) is 10.1 Å². The zero-order valence-electron chi connectivity index (χ0n) is 17.9. The summed E-state index contributed by atoms with van der Waals surface area (Å²) < 4.78 is 1.63. The Kier molecular flexibility index (Phi) is 6.05. The van der Waals surface area contributed by atoms with Gasteiger partial charge < -0.3 is 9.74 Å². The van der Waals surface area contributed by atoms with Crippen molar-refractivity contribution >= 4 is 22.9 Å². The molecule has 0 saturated carbocycles. The number of hydroxylamine groups is 1. The van der Waals surface area contributed by atoms with Gasteiger partial charge in [-0.1, -0.05) is 0 Å². The Hall–Kier alpha value is -3.57. The number of anilines is 1. The molecule has 0 aliphatic carbocycles. The maximum Gasteiger partial charge on any atom is 0.205 e. The van der Waals surface area contributed by atoms with Gasteiger partial charge in [0.25, 0.3) is 0 Å². The van der Waals surface area contributed by atoms with Gasteiger partial charge in [0.2, 0.25) is 11.6 Å². The first-order chi connectivity index (χ1) is 15.2. The molecule has 11 heteroatoms. The minimum atomic E-state index is 0.350. The van der Waals surface area contributed by atoms with Crippen LogP contribution in [-0.2, 0) is 4.84 Å². The van der Waals surface area contributed by atoms with E-state index in [0.717, 1.165) is 30.3 Å². The second-order valence-corrected chi connectivity index (χ2v) is 6.73. The Morgan fingerprint density at radius 2 is 1.94 bits per heavy atom. The monoisotopic (exact) mass is 420 g/mol. The highest BCUT2D eigenvalue weighted by Crippen LogP contribution is 2.25. The Balaban J connectivity index is 1.75. The van der Waals surface area contributed by atoms with E-state index in [2.05, 4.69) is 49.5 Å². The summed E-state index contributed by atoms with van der Waals surface area (Å²) in [4.78, 5) is 25.2. The zero-order chi connectivity index (χ0) is 21.8. The molecule has 0 atom stereocenters. The summed E-state index contributed by atoms with van der Waals surface area (Å²) in [5.41, 5.74) is 6.24. The second-order valence-electron chi connectivity index (χ2n) is 6.73. The standard InChI is InChI=1S/C20H24N10O/c1-5-29(6-2)17-8-7-14(13(3)24-17)25-18-15(12-23-31-4)28-30-19(26-27-20(18)30)16-11-21-9-10-22-16/h7-11,23H,5-6,12H2,1-4H3. The summed E-state index contributed by atoms with van der Waals surface area (Å²) in [6.07, 6.45) is 4.83. The summed E-state index contributed by atoms with van der Waals surface area (Å²) in [6.45, 7) is 8.31. The van der Waals surface area contributed by atoms with E-state index in [1.165, 1.54) is 0 Å². The summed E-state index contributed by atoms with van der Waals surface area (Å²) in [6, 6.07) is 3.95. The number of nitrogens with one attached hydrogen (secondary N) is 1. The van der Waals surface area contributed by atoms with Crippen molar-refractivity contribution < 1.29 is 4.84 Å². The summed E-state index contributed by atoms with van der Waals surface area (Å²) in [7, 11) is 1.55. The fraction of sp³-hybridized carbons (Fsp3) is 0.350. The van der Waals surface area contributed by atoms with Crippen molar-refractivity contribution in [3.63, 3.8) is 0 Å². The van der Waals surface area contributed by atoms with Gasteiger partial charge in [-0.25, -0.2) is 15.0 Å². The third kappa shape index (κ3) is 4.05. The SMILES string of the molecule is CCN(CC)c1ccc(N=C2C(CNOC)=Nn3c2nnc3-c2cnccn2)c(C)n1. The molecule has 0 unspecified atom stereocenters. The number of hydrogen-bond donors (Lipinski definition) is 1. The Morgan fingerprint density at radius 3 is 2.61 bits per heavy atom. The molecular formula is C20H24N10O. The molecule has 0 saturated heterocycles. The van der Waals surface area contributed by atoms with Gasteiger partial charge in [0.05, 0.1) is 31.2 Å². The molecule has 0 radical (unpaired) electrons. The number of aromatic nitrogens is 6. The van der Waals surface area contributed by atoms with Crippen LogP contribution in [0.5, 0.6) is 0 Å². The number of aryl methyl sites for hydroxylation is 1. The fourth-order valence-electron chi connectivity index (χ4n) is 3.27. The number of fused-ring (bicyclic) bond motifs is 1. The molecule has 1 N–H and O–H groups in total. The van der Waals surface area contributed by atoms with E-state index < -0.39 is 0 Å². The predicted molar refractivity (Wildman–Crippen MR) is 118 cm³/mol. The second kappa shape index (κ2) is 9.06. The molecule has 3 aromatic heterocycles. The quantitative estimate of drug-likeness (QED) is 0.548. The van der Waals surface area contributed by atoms with Crippen LogP contribution >= 0.6 is 0 Å². The van der Waals surface area contributed by atoms with Gasteiger partial charge in [0.15, 0.2) is 0 Å². The van der Waals surface area contributed by atoms with Crippen LogP contribution in [-0.4, -0.2) is 68.0 Å². The first-order valence-corrected chi connectivity index (χ1v) is 10.0. The van der Waals surface area contributed by atoms with Gasteiger partial charge in [-0.15, -0.1) is 10.2 Å². The molecule has 31 heavy (non-hydrogen) atoms. The Bertz CT molecular complexity index is 1120. The largest absolute Gasteiger partial charge is 0.357 e. The summed E-state index contributed by atoms with van der Waals surface area (Å²) in [5.74, 6) is 1.96. The molecule has 1 aliphatic heterocycles. The van der Waals surface area contributed by atoms with E-state index in [9.17, 15) is 0 Å². The lowest BCUT2D eigenvalue weighted by Gasteiger charge is -2.20. The van der Waals surface area contributed by atoms with E-state index >= 15 is 0 Å². The van der Waals surface area contributed by atoms with Crippen LogP contribution in [0.25, 0.3) is 11.5 Å². The lowest BCUT2D eigenvalue weighted by Crippen LogP contribution is -2.27. The minimum Gasteiger partial charge on any atom is -0.357 e. The molecule has 0 bridgehead atoms. The molecule has 0 spiro atoms. The molecule has 4 heterocycles. The van der Waals surface area contributed by atoms with Crippen molar-refractivity contribution in [3.05, 3.63) is 42.2 Å². The van der Waals surface area contributed by atoms with Crippen LogP contribution in [0.15, 0.2) is 40.8 Å². The van der Waals surface area contributed by atoms with E-state index in [1.54, 1.807) is 30.4 Å². The highest BCUT2D eigenvalue weighted by Gasteiger charge is 2.29. The van der Waals surface area contributed by atoms with Crippen molar-refractivity contribution in [2.75, 3.05) is 31.6 Å². The first-order valence-electron chi connectivity index (χ1n) is 10.0. The minimum absolute atomic E-state index is 0.350. The van der Waals surface area contributed by atoms with Gasteiger partial charge in [0.1, 0.15) is 22.9 Å². The van der Waals surface area contributed by atoms with Crippen LogP contribution in [0.3, 0.4) is 0 Å². The molecule has 1 aliphatic rings. The van der Waals surface area contributed by atoms with E-state index in [0.29, 0.717) is 35.3 Å². The van der Waals surface area contributed by atoms with Gasteiger partial charge >= 0.3 is 0 Å². The van der Waals surface area contributed by atoms with Crippen LogP contribution < -0.4 is 10.4 Å². The van der Waals surface area contributed by atoms with Crippen LogP contribution in [0.2, 0.25) is 0 Å². The van der Waals surface area contributed by atoms with Gasteiger partial charge in [-0.2, -0.15) is 15.3 Å². The normalized spacial score (nSPS) is 14.1. The van der Waals surface area contributed by atoms with Gasteiger partial charge in [-0.05, 0) is 32.9 Å². The molecule has 0 amide bonds. The van der Waals surface area contributed by atoms with E-state index in [-0.39, 0.29) is 0 Å². The highest BCUT2D eigenvalue weighted by atomic mass is 16.6. The Morgan fingerprint density at radius 1 is 1.13 bits per heavy atom. The van der Waals surface area contributed by atoms with Crippen molar-refractivity contribution in [3.8, 4) is 11.5 Å². The van der Waals surface area contributed by atoms with E-state index in [4.69, 9.17) is 14.8 Å². The smallest absolute Gasteiger partial charge is 0.205 e. The maximum atomic E-state index is 5.01. The molecular weight excluding hydrogens is 396 g/mol. The average Bonchev–Trinajstić information content (AvgIpc) is 3.35. The molecule has 0 fully saturated rings. The molecule has 160 valence electrons. The third-order valence-electron chi connectivity index (χ3n) is 4.89. The number of aliphatic imine (C=N–C) groups is 1. The zero-order valence-corrected chi connectivity index (χ0v) is 17.9.